The van der Waals surface area contributed by atoms with Gasteiger partial charge in [0.15, 0.2) is 0 Å². The van der Waals surface area contributed by atoms with E-state index in [-0.39, 0.29) is 11.8 Å². The first-order valence-corrected chi connectivity index (χ1v) is 7.27. The number of aromatic hydroxyl groups is 1. The van der Waals surface area contributed by atoms with Gasteiger partial charge in [-0.05, 0) is 43.8 Å². The summed E-state index contributed by atoms with van der Waals surface area (Å²) >= 11 is 3.46. The summed E-state index contributed by atoms with van der Waals surface area (Å²) in [7, 11) is 1.92. The van der Waals surface area contributed by atoms with Gasteiger partial charge in [0.1, 0.15) is 18.1 Å². The van der Waals surface area contributed by atoms with Gasteiger partial charge in [-0.1, -0.05) is 34.1 Å². The Hall–Kier alpha value is -1.52. The third-order valence-corrected chi connectivity index (χ3v) is 3.67. The van der Waals surface area contributed by atoms with Crippen molar-refractivity contribution in [1.29, 1.82) is 0 Å². The van der Waals surface area contributed by atoms with Gasteiger partial charge in [0.2, 0.25) is 0 Å². The molecule has 2 rings (SSSR count). The minimum Gasteiger partial charge on any atom is -0.508 e. The first kappa shape index (κ1) is 14.9. The summed E-state index contributed by atoms with van der Waals surface area (Å²) in [5.74, 6) is 1.09. The van der Waals surface area contributed by atoms with Crippen molar-refractivity contribution in [2.24, 2.45) is 0 Å². The molecule has 106 valence electrons. The quantitative estimate of drug-likeness (QED) is 0.867. The number of benzene rings is 2. The lowest BCUT2D eigenvalue weighted by Crippen LogP contribution is -2.13. The molecule has 0 heterocycles. The summed E-state index contributed by atoms with van der Waals surface area (Å²) in [6, 6.07) is 13.3. The number of ether oxygens (including phenoxy) is 1. The van der Waals surface area contributed by atoms with Crippen molar-refractivity contribution >= 4 is 15.9 Å². The molecule has 0 spiro atoms. The maximum absolute atomic E-state index is 9.46. The molecule has 4 heteroatoms. The Labute approximate surface area is 127 Å². The van der Waals surface area contributed by atoms with Crippen molar-refractivity contribution < 1.29 is 9.84 Å². The average Bonchev–Trinajstić information content (AvgIpc) is 2.44. The molecule has 20 heavy (non-hydrogen) atoms. The maximum atomic E-state index is 9.46. The fraction of sp³-hybridized carbons (Fsp3) is 0.250. The van der Waals surface area contributed by atoms with E-state index in [1.807, 2.05) is 37.4 Å². The van der Waals surface area contributed by atoms with E-state index in [2.05, 4.69) is 28.2 Å². The van der Waals surface area contributed by atoms with Gasteiger partial charge in [-0.15, -0.1) is 0 Å². The summed E-state index contributed by atoms with van der Waals surface area (Å²) in [5, 5.41) is 12.7. The van der Waals surface area contributed by atoms with Crippen molar-refractivity contribution in [2.75, 3.05) is 7.05 Å². The fourth-order valence-corrected chi connectivity index (χ4v) is 2.29. The highest BCUT2D eigenvalue weighted by atomic mass is 79.9. The zero-order chi connectivity index (χ0) is 14.5. The minimum atomic E-state index is 0.210. The lowest BCUT2D eigenvalue weighted by molar-refractivity contribution is 0.299. The van der Waals surface area contributed by atoms with Gasteiger partial charge in [0.25, 0.3) is 0 Å². The van der Waals surface area contributed by atoms with Gasteiger partial charge >= 0.3 is 0 Å². The molecule has 0 aliphatic heterocycles. The number of hydrogen-bond donors (Lipinski definition) is 2. The summed E-state index contributed by atoms with van der Waals surface area (Å²) in [6.07, 6.45) is 0. The second-order valence-corrected chi connectivity index (χ2v) is 5.57. The van der Waals surface area contributed by atoms with Crippen LogP contribution in [0.15, 0.2) is 46.9 Å². The van der Waals surface area contributed by atoms with E-state index in [0.29, 0.717) is 6.61 Å². The molecular weight excluding hydrogens is 318 g/mol. The number of hydrogen-bond acceptors (Lipinski definition) is 3. The van der Waals surface area contributed by atoms with Crippen LogP contribution in [-0.4, -0.2) is 12.2 Å². The van der Waals surface area contributed by atoms with E-state index < -0.39 is 0 Å². The second-order valence-electron chi connectivity index (χ2n) is 4.65. The first-order valence-electron chi connectivity index (χ1n) is 6.47. The number of phenols is 1. The molecule has 0 aliphatic carbocycles. The highest BCUT2D eigenvalue weighted by molar-refractivity contribution is 9.10. The number of halogens is 1. The van der Waals surface area contributed by atoms with Gasteiger partial charge in [-0.2, -0.15) is 0 Å². The fourth-order valence-electron chi connectivity index (χ4n) is 1.95. The van der Waals surface area contributed by atoms with Crippen molar-refractivity contribution in [3.05, 3.63) is 58.1 Å². The Morgan fingerprint density at radius 2 is 2.05 bits per heavy atom. The summed E-state index contributed by atoms with van der Waals surface area (Å²) in [4.78, 5) is 0. The molecule has 0 saturated carbocycles. The van der Waals surface area contributed by atoms with E-state index in [0.717, 1.165) is 21.3 Å². The van der Waals surface area contributed by atoms with Crippen LogP contribution in [0.2, 0.25) is 0 Å². The molecule has 0 fully saturated rings. The molecule has 0 saturated heterocycles. The van der Waals surface area contributed by atoms with Crippen LogP contribution < -0.4 is 10.1 Å². The van der Waals surface area contributed by atoms with Gasteiger partial charge < -0.3 is 15.2 Å². The first-order chi connectivity index (χ1) is 9.60. The molecule has 0 amide bonds. The highest BCUT2D eigenvalue weighted by Gasteiger charge is 2.11. The van der Waals surface area contributed by atoms with Gasteiger partial charge in [-0.3, -0.25) is 0 Å². The van der Waals surface area contributed by atoms with Crippen LogP contribution in [0.3, 0.4) is 0 Å². The SMILES string of the molecule is CNC(C)c1ccc(Br)cc1OCc1cccc(O)c1. The van der Waals surface area contributed by atoms with Crippen LogP contribution in [0, 0.1) is 0 Å². The molecule has 0 bridgehead atoms. The highest BCUT2D eigenvalue weighted by Crippen LogP contribution is 2.29. The third-order valence-electron chi connectivity index (χ3n) is 3.18. The van der Waals surface area contributed by atoms with Crippen LogP contribution in [0.4, 0.5) is 0 Å². The Kier molecular flexibility index (Phi) is 5.04. The Morgan fingerprint density at radius 3 is 2.75 bits per heavy atom. The molecule has 2 N–H and O–H groups in total. The summed E-state index contributed by atoms with van der Waals surface area (Å²) in [6.45, 7) is 2.51. The molecular formula is C16H18BrNO2. The predicted octanol–water partition coefficient (Wildman–Crippen LogP) is 4.01. The topological polar surface area (TPSA) is 41.5 Å². The molecule has 0 aliphatic rings. The van der Waals surface area contributed by atoms with Crippen LogP contribution in [0.5, 0.6) is 11.5 Å². The molecule has 3 nitrogen and oxygen atoms in total. The molecule has 2 aromatic carbocycles. The van der Waals surface area contributed by atoms with Crippen molar-refractivity contribution in [1.82, 2.24) is 5.32 Å². The Morgan fingerprint density at radius 1 is 1.25 bits per heavy atom. The van der Waals surface area contributed by atoms with Gasteiger partial charge in [0.05, 0.1) is 0 Å². The van der Waals surface area contributed by atoms with E-state index in [1.54, 1.807) is 12.1 Å². The van der Waals surface area contributed by atoms with Crippen LogP contribution in [-0.2, 0) is 6.61 Å². The monoisotopic (exact) mass is 335 g/mol. The zero-order valence-electron chi connectivity index (χ0n) is 11.6. The number of nitrogens with one attached hydrogen (secondary N) is 1. The molecule has 0 aromatic heterocycles. The van der Waals surface area contributed by atoms with Crippen molar-refractivity contribution in [2.45, 2.75) is 19.6 Å². The lowest BCUT2D eigenvalue weighted by Gasteiger charge is -2.17. The molecule has 1 atom stereocenters. The number of rotatable bonds is 5. The zero-order valence-corrected chi connectivity index (χ0v) is 13.1. The average molecular weight is 336 g/mol. The van der Waals surface area contributed by atoms with Crippen LogP contribution in [0.25, 0.3) is 0 Å². The van der Waals surface area contributed by atoms with Crippen LogP contribution >= 0.6 is 15.9 Å². The van der Waals surface area contributed by atoms with E-state index in [4.69, 9.17) is 4.74 Å². The summed E-state index contributed by atoms with van der Waals surface area (Å²) < 4.78 is 6.88. The molecule has 1 unspecified atom stereocenters. The van der Waals surface area contributed by atoms with Crippen LogP contribution in [0.1, 0.15) is 24.1 Å². The Bertz CT molecular complexity index is 586. The minimum absolute atomic E-state index is 0.210. The summed E-state index contributed by atoms with van der Waals surface area (Å²) in [5.41, 5.74) is 2.05. The molecule has 0 radical (unpaired) electrons. The Balaban J connectivity index is 2.18. The van der Waals surface area contributed by atoms with E-state index >= 15 is 0 Å². The normalized spacial score (nSPS) is 12.2. The van der Waals surface area contributed by atoms with Gasteiger partial charge in [-0.25, -0.2) is 0 Å². The standard InChI is InChI=1S/C16H18BrNO2/c1-11(18-2)15-7-6-13(17)9-16(15)20-10-12-4-3-5-14(19)8-12/h3-9,11,18-19H,10H2,1-2H3. The van der Waals surface area contributed by atoms with E-state index in [9.17, 15) is 5.11 Å². The largest absolute Gasteiger partial charge is 0.508 e. The number of phenolic OH excluding ortho intramolecular Hbond substituents is 1. The smallest absolute Gasteiger partial charge is 0.125 e. The molecule has 2 aromatic rings. The van der Waals surface area contributed by atoms with Crippen molar-refractivity contribution in [3.63, 3.8) is 0 Å². The van der Waals surface area contributed by atoms with Crippen molar-refractivity contribution in [3.8, 4) is 11.5 Å². The van der Waals surface area contributed by atoms with E-state index in [1.165, 1.54) is 0 Å². The maximum Gasteiger partial charge on any atom is 0.125 e. The third kappa shape index (κ3) is 3.74. The lowest BCUT2D eigenvalue weighted by atomic mass is 10.1. The second kappa shape index (κ2) is 6.77. The predicted molar refractivity (Wildman–Crippen MR) is 84.1 cm³/mol. The van der Waals surface area contributed by atoms with Gasteiger partial charge in [0, 0.05) is 16.1 Å².